The number of hydrogen-bond donors (Lipinski definition) is 1. The van der Waals surface area contributed by atoms with Crippen molar-refractivity contribution in [2.45, 2.75) is 41.7 Å². The highest BCUT2D eigenvalue weighted by Crippen LogP contribution is 2.39. The van der Waals surface area contributed by atoms with Crippen LogP contribution in [0.25, 0.3) is 15.9 Å². The molecule has 0 unspecified atom stereocenters. The maximum absolute atomic E-state index is 12.3. The first-order valence-electron chi connectivity index (χ1n) is 10.5. The Hall–Kier alpha value is -2.56. The van der Waals surface area contributed by atoms with Gasteiger partial charge in [-0.2, -0.15) is 9.61 Å². The van der Waals surface area contributed by atoms with Crippen molar-refractivity contribution in [1.29, 1.82) is 0 Å². The fourth-order valence-corrected chi connectivity index (χ4v) is 5.70. The molecule has 1 amide bonds. The number of hydrogen-bond acceptors (Lipinski definition) is 8. The number of carbonyl (C=O) groups is 1. The van der Waals surface area contributed by atoms with Gasteiger partial charge in [-0.25, -0.2) is 4.98 Å². The summed E-state index contributed by atoms with van der Waals surface area (Å²) in [5, 5.41) is 17.7. The molecule has 1 saturated carbocycles. The Kier molecular flexibility index (Phi) is 4.85. The van der Waals surface area contributed by atoms with Crippen LogP contribution in [-0.2, 0) is 4.79 Å². The van der Waals surface area contributed by atoms with E-state index in [0.717, 1.165) is 44.7 Å². The fraction of sp³-hybridized carbons (Fsp3) is 0.381. The molecule has 2 fully saturated rings. The molecule has 0 bridgehead atoms. The Balaban J connectivity index is 1.20. The van der Waals surface area contributed by atoms with Crippen molar-refractivity contribution >= 4 is 50.0 Å². The van der Waals surface area contributed by atoms with Crippen molar-refractivity contribution < 1.29 is 4.79 Å². The highest BCUT2D eigenvalue weighted by atomic mass is 32.2. The number of aromatic nitrogens is 5. The predicted molar refractivity (Wildman–Crippen MR) is 121 cm³/mol. The summed E-state index contributed by atoms with van der Waals surface area (Å²) in [6.07, 6.45) is 4.77. The number of rotatable bonds is 6. The molecule has 1 saturated heterocycles. The minimum absolute atomic E-state index is 0.00280. The molecule has 4 aromatic rings. The molecule has 0 spiro atoms. The number of likely N-dealkylation sites (tertiary alicyclic amines) is 1. The number of carbonyl (C=O) groups excluding carboxylic acids is 1. The lowest BCUT2D eigenvalue weighted by atomic mass is 10.3. The van der Waals surface area contributed by atoms with E-state index in [0.29, 0.717) is 17.6 Å². The Morgan fingerprint density at radius 2 is 2.03 bits per heavy atom. The molecular formula is C21H21N7OS2. The quantitative estimate of drug-likeness (QED) is 0.477. The van der Waals surface area contributed by atoms with Gasteiger partial charge in [-0.3, -0.25) is 9.69 Å². The van der Waals surface area contributed by atoms with Gasteiger partial charge in [0, 0.05) is 10.8 Å². The molecule has 1 aromatic carbocycles. The Morgan fingerprint density at radius 1 is 1.16 bits per heavy atom. The monoisotopic (exact) mass is 451 g/mol. The van der Waals surface area contributed by atoms with E-state index >= 15 is 0 Å². The van der Waals surface area contributed by atoms with E-state index in [9.17, 15) is 4.79 Å². The summed E-state index contributed by atoms with van der Waals surface area (Å²) in [7, 11) is 0. The van der Waals surface area contributed by atoms with E-state index in [1.807, 2.05) is 22.7 Å². The van der Waals surface area contributed by atoms with Crippen LogP contribution in [-0.4, -0.2) is 55.2 Å². The van der Waals surface area contributed by atoms with Gasteiger partial charge in [0.1, 0.15) is 0 Å². The maximum atomic E-state index is 12.3. The topological polar surface area (TPSA) is 88.3 Å². The molecule has 0 atom stereocenters. The number of nitrogens with zero attached hydrogens (tertiary/aromatic N) is 6. The summed E-state index contributed by atoms with van der Waals surface area (Å²) >= 11 is 3.03. The second kappa shape index (κ2) is 7.85. The average molecular weight is 452 g/mol. The third kappa shape index (κ3) is 4.02. The SMILES string of the molecule is O=C(CN1CCCC1)Nc1nc2ccc(Sc3nnc4ccc(C5CC5)nn34)cc2s1. The molecule has 10 heteroatoms. The summed E-state index contributed by atoms with van der Waals surface area (Å²) < 4.78 is 2.86. The summed E-state index contributed by atoms with van der Waals surface area (Å²) in [6.45, 7) is 2.44. The number of thiazole rings is 1. The zero-order valence-electron chi connectivity index (χ0n) is 16.8. The normalized spacial score (nSPS) is 17.0. The van der Waals surface area contributed by atoms with Gasteiger partial charge < -0.3 is 5.32 Å². The predicted octanol–water partition coefficient (Wildman–Crippen LogP) is 3.80. The van der Waals surface area contributed by atoms with E-state index in [1.54, 1.807) is 0 Å². The van der Waals surface area contributed by atoms with Gasteiger partial charge in [0.15, 0.2) is 10.8 Å². The molecule has 158 valence electrons. The maximum Gasteiger partial charge on any atom is 0.240 e. The van der Waals surface area contributed by atoms with Crippen LogP contribution >= 0.6 is 23.1 Å². The van der Waals surface area contributed by atoms with Crippen LogP contribution in [0.5, 0.6) is 0 Å². The van der Waals surface area contributed by atoms with Crippen LogP contribution in [0, 0.1) is 0 Å². The highest BCUT2D eigenvalue weighted by Gasteiger charge is 2.26. The van der Waals surface area contributed by atoms with Gasteiger partial charge >= 0.3 is 0 Å². The first-order chi connectivity index (χ1) is 15.2. The van der Waals surface area contributed by atoms with Gasteiger partial charge in [-0.05, 0) is 80.9 Å². The van der Waals surface area contributed by atoms with Crippen molar-refractivity contribution in [3.63, 3.8) is 0 Å². The van der Waals surface area contributed by atoms with E-state index in [1.165, 1.54) is 48.8 Å². The lowest BCUT2D eigenvalue weighted by Gasteiger charge is -2.12. The van der Waals surface area contributed by atoms with Gasteiger partial charge in [-0.15, -0.1) is 10.2 Å². The fourth-order valence-electron chi connectivity index (χ4n) is 3.87. The minimum atomic E-state index is 0.00280. The first kappa shape index (κ1) is 19.1. The Morgan fingerprint density at radius 3 is 2.87 bits per heavy atom. The van der Waals surface area contributed by atoms with Crippen molar-refractivity contribution in [3.05, 3.63) is 36.0 Å². The van der Waals surface area contributed by atoms with Gasteiger partial charge in [-0.1, -0.05) is 11.3 Å². The molecule has 1 N–H and O–H groups in total. The summed E-state index contributed by atoms with van der Waals surface area (Å²) in [4.78, 5) is 20.1. The molecule has 8 nitrogen and oxygen atoms in total. The van der Waals surface area contributed by atoms with Crippen LogP contribution < -0.4 is 5.32 Å². The summed E-state index contributed by atoms with van der Waals surface area (Å²) in [5.41, 5.74) is 2.75. The average Bonchev–Trinajstić information content (AvgIpc) is 3.15. The number of amides is 1. The van der Waals surface area contributed by atoms with E-state index in [4.69, 9.17) is 5.10 Å². The number of benzene rings is 1. The number of nitrogens with one attached hydrogen (secondary N) is 1. The lowest BCUT2D eigenvalue weighted by molar-refractivity contribution is -0.117. The van der Waals surface area contributed by atoms with Crippen molar-refractivity contribution in [2.24, 2.45) is 0 Å². The third-order valence-electron chi connectivity index (χ3n) is 5.63. The van der Waals surface area contributed by atoms with E-state index in [2.05, 4.69) is 37.5 Å². The largest absolute Gasteiger partial charge is 0.301 e. The molecule has 3 aromatic heterocycles. The summed E-state index contributed by atoms with van der Waals surface area (Å²) in [5.74, 6) is 0.584. The van der Waals surface area contributed by atoms with Crippen LogP contribution in [0.3, 0.4) is 0 Å². The molecule has 1 aliphatic carbocycles. The second-order valence-corrected chi connectivity index (χ2v) is 10.1. The minimum Gasteiger partial charge on any atom is -0.301 e. The van der Waals surface area contributed by atoms with E-state index in [-0.39, 0.29) is 5.91 Å². The van der Waals surface area contributed by atoms with Gasteiger partial charge in [0.05, 0.1) is 22.5 Å². The van der Waals surface area contributed by atoms with Crippen LogP contribution in [0.1, 0.15) is 37.3 Å². The molecule has 31 heavy (non-hydrogen) atoms. The second-order valence-electron chi connectivity index (χ2n) is 8.07. The van der Waals surface area contributed by atoms with Crippen molar-refractivity contribution in [2.75, 3.05) is 25.0 Å². The zero-order valence-corrected chi connectivity index (χ0v) is 18.5. The van der Waals surface area contributed by atoms with Crippen LogP contribution in [0.4, 0.5) is 5.13 Å². The van der Waals surface area contributed by atoms with Crippen molar-refractivity contribution in [1.82, 2.24) is 29.7 Å². The lowest BCUT2D eigenvalue weighted by Crippen LogP contribution is -2.30. The molecule has 4 heterocycles. The standard InChI is InChI=1S/C21H21N7OS2/c29-19(12-27-9-1-2-10-27)23-20-22-16-6-5-14(11-17(16)31-20)30-21-25-24-18-8-7-15(13-3-4-13)26-28(18)21/h5-8,11,13H,1-4,9-10,12H2,(H,22,23,29). The van der Waals surface area contributed by atoms with E-state index < -0.39 is 0 Å². The number of fused-ring (bicyclic) bond motifs is 2. The number of anilines is 1. The summed E-state index contributed by atoms with van der Waals surface area (Å²) in [6, 6.07) is 10.1. The van der Waals surface area contributed by atoms with Gasteiger partial charge in [0.2, 0.25) is 11.1 Å². The van der Waals surface area contributed by atoms with Crippen molar-refractivity contribution in [3.8, 4) is 0 Å². The Labute approximate surface area is 187 Å². The van der Waals surface area contributed by atoms with Gasteiger partial charge in [0.25, 0.3) is 0 Å². The smallest absolute Gasteiger partial charge is 0.240 e. The highest BCUT2D eigenvalue weighted by molar-refractivity contribution is 7.99. The molecule has 1 aliphatic heterocycles. The third-order valence-corrected chi connectivity index (χ3v) is 7.49. The molecule has 2 aliphatic rings. The first-order valence-corrected chi connectivity index (χ1v) is 12.2. The molecule has 0 radical (unpaired) electrons. The van der Waals surface area contributed by atoms with Crippen LogP contribution in [0.15, 0.2) is 40.4 Å². The molecule has 6 rings (SSSR count). The Bertz CT molecular complexity index is 1270. The zero-order chi connectivity index (χ0) is 20.8. The van der Waals surface area contributed by atoms with Crippen LogP contribution in [0.2, 0.25) is 0 Å². The molecular weight excluding hydrogens is 430 g/mol.